The first kappa shape index (κ1) is 21.1. The maximum atomic E-state index is 13.1. The van der Waals surface area contributed by atoms with Crippen molar-refractivity contribution in [1.29, 1.82) is 0 Å². The Morgan fingerprint density at radius 1 is 1.10 bits per heavy atom. The number of carbonyl (C=O) groups is 2. The van der Waals surface area contributed by atoms with Crippen LogP contribution in [0.1, 0.15) is 34.3 Å². The van der Waals surface area contributed by atoms with Gasteiger partial charge in [0.25, 0.3) is 5.91 Å². The summed E-state index contributed by atoms with van der Waals surface area (Å²) in [5.41, 5.74) is -3.98. The second-order valence-electron chi connectivity index (χ2n) is 6.24. The molecule has 29 heavy (non-hydrogen) atoms. The highest BCUT2D eigenvalue weighted by molar-refractivity contribution is 7.13. The number of benzene rings is 1. The number of nitrogens with zero attached hydrogens (tertiary/aromatic N) is 3. The number of rotatable bonds is 4. The van der Waals surface area contributed by atoms with Gasteiger partial charge in [-0.2, -0.15) is 26.3 Å². The Balaban J connectivity index is 2.03. The summed E-state index contributed by atoms with van der Waals surface area (Å²) in [5.74, 6) is -1.38. The SMILES string of the molecule is O=C1CCCN1CN(C(=O)c1cc(C(F)(F)F)cc(C(F)(F)F)c1)c1nccs1. The van der Waals surface area contributed by atoms with Crippen LogP contribution in [0.2, 0.25) is 0 Å². The number of amides is 2. The number of hydrogen-bond acceptors (Lipinski definition) is 4. The number of anilines is 1. The second kappa shape index (κ2) is 7.65. The van der Waals surface area contributed by atoms with Gasteiger partial charge in [0.15, 0.2) is 5.13 Å². The highest BCUT2D eigenvalue weighted by atomic mass is 32.1. The average Bonchev–Trinajstić information content (AvgIpc) is 3.29. The molecule has 2 heterocycles. The molecule has 0 bridgehead atoms. The minimum Gasteiger partial charge on any atom is -0.324 e. The van der Waals surface area contributed by atoms with E-state index < -0.39 is 35.0 Å². The van der Waals surface area contributed by atoms with Crippen LogP contribution < -0.4 is 4.90 Å². The Hall–Kier alpha value is -2.63. The number of aromatic nitrogens is 1. The topological polar surface area (TPSA) is 53.5 Å². The molecule has 5 nitrogen and oxygen atoms in total. The van der Waals surface area contributed by atoms with Crippen molar-refractivity contribution in [2.45, 2.75) is 25.2 Å². The zero-order chi connectivity index (χ0) is 21.4. The van der Waals surface area contributed by atoms with E-state index in [2.05, 4.69) is 4.98 Å². The van der Waals surface area contributed by atoms with E-state index in [1.165, 1.54) is 16.5 Å². The highest BCUT2D eigenvalue weighted by Gasteiger charge is 2.38. The lowest BCUT2D eigenvalue weighted by Gasteiger charge is -2.26. The highest BCUT2D eigenvalue weighted by Crippen LogP contribution is 2.37. The Morgan fingerprint density at radius 3 is 2.17 bits per heavy atom. The average molecular weight is 437 g/mol. The third-order valence-electron chi connectivity index (χ3n) is 4.21. The third-order valence-corrected chi connectivity index (χ3v) is 5.01. The van der Waals surface area contributed by atoms with Crippen molar-refractivity contribution in [3.05, 3.63) is 46.5 Å². The Labute approximate surface area is 164 Å². The second-order valence-corrected chi connectivity index (χ2v) is 7.12. The molecule has 2 aromatic rings. The van der Waals surface area contributed by atoms with E-state index in [1.807, 2.05) is 0 Å². The summed E-state index contributed by atoms with van der Waals surface area (Å²) in [5, 5.41) is 1.55. The lowest BCUT2D eigenvalue weighted by molar-refractivity contribution is -0.143. The van der Waals surface area contributed by atoms with Gasteiger partial charge in [-0.05, 0) is 24.6 Å². The molecule has 0 atom stereocenters. The van der Waals surface area contributed by atoms with Crippen LogP contribution in [0.4, 0.5) is 31.5 Å². The van der Waals surface area contributed by atoms with Crippen molar-refractivity contribution in [3.8, 4) is 0 Å². The molecule has 0 saturated carbocycles. The number of halogens is 6. The van der Waals surface area contributed by atoms with Gasteiger partial charge in [0, 0.05) is 30.1 Å². The molecule has 3 rings (SSSR count). The minimum atomic E-state index is -5.08. The first-order valence-electron chi connectivity index (χ1n) is 8.25. The van der Waals surface area contributed by atoms with Crippen LogP contribution in [0.15, 0.2) is 29.8 Å². The monoisotopic (exact) mass is 437 g/mol. The predicted octanol–water partition coefficient (Wildman–Crippen LogP) is 4.41. The summed E-state index contributed by atoms with van der Waals surface area (Å²) in [6.07, 6.45) is -8.03. The van der Waals surface area contributed by atoms with Crippen molar-refractivity contribution in [2.75, 3.05) is 18.1 Å². The minimum absolute atomic E-state index is 0.0471. The quantitative estimate of drug-likeness (QED) is 0.666. The van der Waals surface area contributed by atoms with Crippen molar-refractivity contribution in [1.82, 2.24) is 9.88 Å². The zero-order valence-corrected chi connectivity index (χ0v) is 15.4. The van der Waals surface area contributed by atoms with Crippen LogP contribution in [0.25, 0.3) is 0 Å². The largest absolute Gasteiger partial charge is 0.416 e. The zero-order valence-electron chi connectivity index (χ0n) is 14.5. The molecule has 1 aromatic carbocycles. The van der Waals surface area contributed by atoms with Crippen LogP contribution in [0.3, 0.4) is 0 Å². The molecule has 0 radical (unpaired) electrons. The molecule has 156 valence electrons. The first-order valence-corrected chi connectivity index (χ1v) is 9.13. The van der Waals surface area contributed by atoms with Gasteiger partial charge >= 0.3 is 12.4 Å². The van der Waals surface area contributed by atoms with Crippen molar-refractivity contribution >= 4 is 28.3 Å². The molecular weight excluding hydrogens is 424 g/mol. The summed E-state index contributed by atoms with van der Waals surface area (Å²) in [4.78, 5) is 30.9. The molecule has 1 aromatic heterocycles. The standard InChI is InChI=1S/C17H13F6N3O2S/c18-16(19,20)11-6-10(7-12(8-11)17(21,22)23)14(28)26(15-24-3-5-29-15)9-25-4-1-2-13(25)27/h3,5-8H,1-2,4,9H2. The number of likely N-dealkylation sites (tertiary alicyclic amines) is 1. The molecule has 0 aliphatic carbocycles. The number of carbonyl (C=O) groups excluding carboxylic acids is 2. The van der Waals surface area contributed by atoms with Crippen LogP contribution >= 0.6 is 11.3 Å². The van der Waals surface area contributed by atoms with Gasteiger partial charge in [-0.25, -0.2) is 4.98 Å². The molecule has 1 aliphatic rings. The van der Waals surface area contributed by atoms with Crippen LogP contribution in [0.5, 0.6) is 0 Å². The summed E-state index contributed by atoms with van der Waals surface area (Å²) in [7, 11) is 0. The summed E-state index contributed by atoms with van der Waals surface area (Å²) in [6.45, 7) is 0.00710. The smallest absolute Gasteiger partial charge is 0.324 e. The lowest BCUT2D eigenvalue weighted by Crippen LogP contribution is -2.42. The predicted molar refractivity (Wildman–Crippen MR) is 91.2 cm³/mol. The first-order chi connectivity index (χ1) is 13.5. The van der Waals surface area contributed by atoms with Crippen molar-refractivity contribution in [2.24, 2.45) is 0 Å². The van der Waals surface area contributed by atoms with Crippen LogP contribution in [0, 0.1) is 0 Å². The molecule has 1 aliphatic heterocycles. The maximum absolute atomic E-state index is 13.1. The van der Waals surface area contributed by atoms with Gasteiger partial charge in [-0.15, -0.1) is 11.3 Å². The van der Waals surface area contributed by atoms with E-state index >= 15 is 0 Å². The van der Waals surface area contributed by atoms with Gasteiger partial charge in [0.1, 0.15) is 6.67 Å². The van der Waals surface area contributed by atoms with E-state index in [0.29, 0.717) is 25.1 Å². The van der Waals surface area contributed by atoms with Gasteiger partial charge in [0.2, 0.25) is 5.91 Å². The fourth-order valence-corrected chi connectivity index (χ4v) is 3.45. The Bertz CT molecular complexity index is 879. The van der Waals surface area contributed by atoms with E-state index in [-0.39, 0.29) is 30.2 Å². The molecule has 0 N–H and O–H groups in total. The molecule has 0 spiro atoms. The van der Waals surface area contributed by atoms with Crippen LogP contribution in [-0.4, -0.2) is 34.9 Å². The Morgan fingerprint density at radius 2 is 1.72 bits per heavy atom. The van der Waals surface area contributed by atoms with Crippen molar-refractivity contribution in [3.63, 3.8) is 0 Å². The van der Waals surface area contributed by atoms with Crippen LogP contribution in [-0.2, 0) is 17.1 Å². The van der Waals surface area contributed by atoms with E-state index in [9.17, 15) is 35.9 Å². The lowest BCUT2D eigenvalue weighted by atomic mass is 10.0. The van der Waals surface area contributed by atoms with Gasteiger partial charge in [-0.1, -0.05) is 0 Å². The summed E-state index contributed by atoms with van der Waals surface area (Å²) >= 11 is 0.970. The number of alkyl halides is 6. The molecule has 0 unspecified atom stereocenters. The Kier molecular flexibility index (Phi) is 5.57. The number of hydrogen-bond donors (Lipinski definition) is 0. The van der Waals surface area contributed by atoms with E-state index in [4.69, 9.17) is 0 Å². The molecule has 1 fully saturated rings. The van der Waals surface area contributed by atoms with Gasteiger partial charge in [-0.3, -0.25) is 14.5 Å². The van der Waals surface area contributed by atoms with E-state index in [0.717, 1.165) is 16.2 Å². The fourth-order valence-electron chi connectivity index (χ4n) is 2.82. The number of thiazole rings is 1. The molecule has 1 saturated heterocycles. The summed E-state index contributed by atoms with van der Waals surface area (Å²) < 4.78 is 78.6. The summed E-state index contributed by atoms with van der Waals surface area (Å²) in [6, 6.07) is 0.683. The normalized spacial score (nSPS) is 15.1. The molecule has 2 amide bonds. The van der Waals surface area contributed by atoms with Gasteiger partial charge in [0.05, 0.1) is 11.1 Å². The van der Waals surface area contributed by atoms with Gasteiger partial charge < -0.3 is 4.90 Å². The van der Waals surface area contributed by atoms with E-state index in [1.54, 1.807) is 0 Å². The van der Waals surface area contributed by atoms with Crippen molar-refractivity contribution < 1.29 is 35.9 Å². The fraction of sp³-hybridized carbons (Fsp3) is 0.353. The molecule has 12 heteroatoms. The maximum Gasteiger partial charge on any atom is 0.416 e. The molecular formula is C17H13F6N3O2S. The third kappa shape index (κ3) is 4.69.